The highest BCUT2D eigenvalue weighted by Gasteiger charge is 2.20. The van der Waals surface area contributed by atoms with Crippen LogP contribution < -0.4 is 5.32 Å². The van der Waals surface area contributed by atoms with Crippen LogP contribution in [0.3, 0.4) is 0 Å². The van der Waals surface area contributed by atoms with E-state index in [0.29, 0.717) is 11.4 Å². The van der Waals surface area contributed by atoms with E-state index in [-0.39, 0.29) is 11.6 Å². The van der Waals surface area contributed by atoms with Gasteiger partial charge < -0.3 is 10.1 Å². The first-order valence-corrected chi connectivity index (χ1v) is 7.48. The van der Waals surface area contributed by atoms with Crippen LogP contribution in [0, 0.1) is 11.3 Å². The fourth-order valence-corrected chi connectivity index (χ4v) is 2.02. The van der Waals surface area contributed by atoms with E-state index in [4.69, 9.17) is 10.00 Å². The molecule has 0 unspecified atom stereocenters. The number of carbonyl (C=O) groups excluding carboxylic acids is 2. The van der Waals surface area contributed by atoms with Crippen LogP contribution in [-0.4, -0.2) is 27.8 Å². The Kier molecular flexibility index (Phi) is 5.32. The summed E-state index contributed by atoms with van der Waals surface area (Å²) in [6, 6.07) is 9.73. The van der Waals surface area contributed by atoms with Gasteiger partial charge >= 0.3 is 5.97 Å². The number of nitrogens with one attached hydrogen (secondary N) is 1. The van der Waals surface area contributed by atoms with E-state index in [0.717, 1.165) is 0 Å². The second kappa shape index (κ2) is 7.42. The van der Waals surface area contributed by atoms with E-state index in [1.165, 1.54) is 31.2 Å². The van der Waals surface area contributed by atoms with Crippen LogP contribution in [-0.2, 0) is 9.53 Å². The molecule has 0 fully saturated rings. The van der Waals surface area contributed by atoms with Crippen molar-refractivity contribution in [2.75, 3.05) is 5.32 Å². The maximum absolute atomic E-state index is 12.2. The van der Waals surface area contributed by atoms with E-state index < -0.39 is 18.0 Å². The molecular weight excluding hydrogens is 308 g/mol. The average molecular weight is 326 g/mol. The van der Waals surface area contributed by atoms with Gasteiger partial charge in [0.1, 0.15) is 5.82 Å². The molecule has 24 heavy (non-hydrogen) atoms. The SMILES string of the molecule is CC(C)n1nccc1NC(=O)[C@H](C)OC(=O)c1ccc(C#N)cc1. The number of nitrogens with zero attached hydrogens (tertiary/aromatic N) is 3. The van der Waals surface area contributed by atoms with E-state index in [2.05, 4.69) is 10.4 Å². The quantitative estimate of drug-likeness (QED) is 0.852. The summed E-state index contributed by atoms with van der Waals surface area (Å²) in [6.07, 6.45) is 0.618. The standard InChI is InChI=1S/C17H18N4O3/c1-11(2)21-15(8-9-19-21)20-16(22)12(3)24-17(23)14-6-4-13(10-18)5-7-14/h4-9,11-12H,1-3H3,(H,20,22)/t12-/m0/s1. The number of ether oxygens (including phenoxy) is 1. The van der Waals surface area contributed by atoms with Gasteiger partial charge in [-0.05, 0) is 45.0 Å². The van der Waals surface area contributed by atoms with E-state index in [9.17, 15) is 9.59 Å². The predicted octanol–water partition coefficient (Wildman–Crippen LogP) is 2.52. The van der Waals surface area contributed by atoms with E-state index in [1.807, 2.05) is 19.9 Å². The molecule has 0 aliphatic rings. The van der Waals surface area contributed by atoms with E-state index >= 15 is 0 Å². The van der Waals surface area contributed by atoms with Gasteiger partial charge in [-0.1, -0.05) is 0 Å². The molecule has 0 saturated heterocycles. The lowest BCUT2D eigenvalue weighted by Crippen LogP contribution is -2.31. The molecule has 7 heteroatoms. The molecule has 1 N–H and O–H groups in total. The molecule has 2 aromatic rings. The third-order valence-electron chi connectivity index (χ3n) is 3.31. The first kappa shape index (κ1) is 17.2. The Morgan fingerprint density at radius 1 is 1.21 bits per heavy atom. The van der Waals surface area contributed by atoms with Gasteiger partial charge in [0.2, 0.25) is 0 Å². The normalized spacial score (nSPS) is 11.6. The topological polar surface area (TPSA) is 97.0 Å². The van der Waals surface area contributed by atoms with Gasteiger partial charge in [0.05, 0.1) is 23.4 Å². The number of hydrogen-bond donors (Lipinski definition) is 1. The summed E-state index contributed by atoms with van der Waals surface area (Å²) < 4.78 is 6.82. The zero-order valence-electron chi connectivity index (χ0n) is 13.7. The zero-order valence-corrected chi connectivity index (χ0v) is 13.7. The largest absolute Gasteiger partial charge is 0.449 e. The van der Waals surface area contributed by atoms with Crippen molar-refractivity contribution in [1.82, 2.24) is 9.78 Å². The zero-order chi connectivity index (χ0) is 17.7. The Morgan fingerprint density at radius 2 is 1.88 bits per heavy atom. The monoisotopic (exact) mass is 326 g/mol. The van der Waals surface area contributed by atoms with Crippen molar-refractivity contribution in [1.29, 1.82) is 5.26 Å². The highest BCUT2D eigenvalue weighted by molar-refractivity contribution is 5.96. The molecule has 1 aromatic heterocycles. The lowest BCUT2D eigenvalue weighted by molar-refractivity contribution is -0.123. The van der Waals surface area contributed by atoms with Crippen molar-refractivity contribution in [3.8, 4) is 6.07 Å². The van der Waals surface area contributed by atoms with E-state index in [1.54, 1.807) is 16.9 Å². The molecule has 0 spiro atoms. The molecule has 0 aliphatic heterocycles. The van der Waals surface area contributed by atoms with Crippen LogP contribution in [0.1, 0.15) is 42.7 Å². The molecule has 0 saturated carbocycles. The fourth-order valence-electron chi connectivity index (χ4n) is 2.02. The first-order valence-electron chi connectivity index (χ1n) is 7.48. The molecule has 124 valence electrons. The third-order valence-corrected chi connectivity index (χ3v) is 3.31. The number of benzene rings is 1. The Bertz CT molecular complexity index is 772. The molecule has 0 aliphatic carbocycles. The summed E-state index contributed by atoms with van der Waals surface area (Å²) in [6.45, 7) is 5.38. The highest BCUT2D eigenvalue weighted by atomic mass is 16.5. The molecule has 0 radical (unpaired) electrons. The summed E-state index contributed by atoms with van der Waals surface area (Å²) >= 11 is 0. The minimum Gasteiger partial charge on any atom is -0.449 e. The molecule has 1 atom stereocenters. The van der Waals surface area contributed by atoms with Crippen molar-refractivity contribution in [2.45, 2.75) is 32.9 Å². The van der Waals surface area contributed by atoms with Gasteiger partial charge in [0.25, 0.3) is 5.91 Å². The molecule has 1 aromatic carbocycles. The Hall–Kier alpha value is -3.14. The summed E-state index contributed by atoms with van der Waals surface area (Å²) in [5.74, 6) is -0.532. The van der Waals surface area contributed by atoms with Gasteiger partial charge in [-0.3, -0.25) is 4.79 Å². The third kappa shape index (κ3) is 3.98. The number of amides is 1. The Labute approximate surface area is 139 Å². The van der Waals surface area contributed by atoms with Crippen molar-refractivity contribution < 1.29 is 14.3 Å². The second-order valence-electron chi connectivity index (χ2n) is 5.48. The minimum absolute atomic E-state index is 0.0896. The average Bonchev–Trinajstić information content (AvgIpc) is 3.03. The number of rotatable bonds is 5. The number of hydrogen-bond acceptors (Lipinski definition) is 5. The van der Waals surface area contributed by atoms with Crippen LogP contribution >= 0.6 is 0 Å². The van der Waals surface area contributed by atoms with Crippen LogP contribution in [0.4, 0.5) is 5.82 Å². The van der Waals surface area contributed by atoms with Crippen LogP contribution in [0.5, 0.6) is 0 Å². The minimum atomic E-state index is -0.969. The van der Waals surface area contributed by atoms with Gasteiger partial charge in [-0.15, -0.1) is 0 Å². The molecule has 1 amide bonds. The van der Waals surface area contributed by atoms with Gasteiger partial charge in [-0.2, -0.15) is 10.4 Å². The second-order valence-corrected chi connectivity index (χ2v) is 5.48. The predicted molar refractivity (Wildman–Crippen MR) is 87.3 cm³/mol. The number of anilines is 1. The van der Waals surface area contributed by atoms with Gasteiger partial charge in [-0.25, -0.2) is 9.48 Å². The van der Waals surface area contributed by atoms with Crippen molar-refractivity contribution >= 4 is 17.7 Å². The van der Waals surface area contributed by atoms with Crippen LogP contribution in [0.2, 0.25) is 0 Å². The first-order chi connectivity index (χ1) is 11.4. The van der Waals surface area contributed by atoms with Gasteiger partial charge in [0, 0.05) is 12.1 Å². The summed E-state index contributed by atoms with van der Waals surface area (Å²) in [5.41, 5.74) is 0.722. The van der Waals surface area contributed by atoms with Crippen molar-refractivity contribution in [3.63, 3.8) is 0 Å². The summed E-state index contributed by atoms with van der Waals surface area (Å²) in [7, 11) is 0. The molecule has 2 rings (SSSR count). The number of aromatic nitrogens is 2. The molecule has 7 nitrogen and oxygen atoms in total. The maximum Gasteiger partial charge on any atom is 0.338 e. The molecule has 1 heterocycles. The van der Waals surface area contributed by atoms with Crippen LogP contribution in [0.25, 0.3) is 0 Å². The Morgan fingerprint density at radius 3 is 2.46 bits per heavy atom. The Balaban J connectivity index is 1.99. The van der Waals surface area contributed by atoms with Crippen molar-refractivity contribution in [2.24, 2.45) is 0 Å². The molecular formula is C17H18N4O3. The smallest absolute Gasteiger partial charge is 0.338 e. The number of carbonyl (C=O) groups is 2. The fraction of sp³-hybridized carbons (Fsp3) is 0.294. The number of esters is 1. The molecule has 0 bridgehead atoms. The number of nitriles is 1. The lowest BCUT2D eigenvalue weighted by Gasteiger charge is -2.15. The van der Waals surface area contributed by atoms with Crippen molar-refractivity contribution in [3.05, 3.63) is 47.7 Å². The lowest BCUT2D eigenvalue weighted by atomic mass is 10.1. The van der Waals surface area contributed by atoms with Gasteiger partial charge in [0.15, 0.2) is 6.10 Å². The summed E-state index contributed by atoms with van der Waals surface area (Å²) in [4.78, 5) is 24.2. The summed E-state index contributed by atoms with van der Waals surface area (Å²) in [5, 5.41) is 15.6. The van der Waals surface area contributed by atoms with Crippen LogP contribution in [0.15, 0.2) is 36.5 Å². The highest BCUT2D eigenvalue weighted by Crippen LogP contribution is 2.14. The maximum atomic E-state index is 12.2.